The van der Waals surface area contributed by atoms with Gasteiger partial charge in [-0.2, -0.15) is 0 Å². The van der Waals surface area contributed by atoms with E-state index in [0.717, 1.165) is 12.1 Å². The van der Waals surface area contributed by atoms with E-state index in [1.54, 1.807) is 0 Å². The quantitative estimate of drug-likeness (QED) is 0.194. The number of carbonyl (C=O) groups is 1. The number of non-ortho nitro benzene ring substituents is 1. The lowest BCUT2D eigenvalue weighted by molar-refractivity contribution is -0.494. The number of rotatable bonds is 9. The molecule has 1 aromatic carbocycles. The van der Waals surface area contributed by atoms with E-state index in [-0.39, 0.29) is 12.3 Å². The third-order valence-electron chi connectivity index (χ3n) is 2.77. The van der Waals surface area contributed by atoms with Crippen LogP contribution < -0.4 is 10.9 Å². The third-order valence-corrected chi connectivity index (χ3v) is 3.63. The van der Waals surface area contributed by atoms with Crippen LogP contribution in [0.3, 0.4) is 0 Å². The first kappa shape index (κ1) is 20.2. The van der Waals surface area contributed by atoms with Gasteiger partial charge in [0, 0.05) is 11.0 Å². The Hall–Kier alpha value is -2.87. The monoisotopic (exact) mass is 421 g/mol. The van der Waals surface area contributed by atoms with Gasteiger partial charge in [-0.1, -0.05) is 0 Å². The van der Waals surface area contributed by atoms with Gasteiger partial charge in [0.25, 0.3) is 10.6 Å². The minimum Gasteiger partial charge on any atom is -0.465 e. The number of nitrogens with one attached hydrogen (secondary N) is 2. The zero-order chi connectivity index (χ0) is 19.1. The normalized spacial score (nSPS) is 12.7. The number of anilines is 1. The number of hydrogen-bond donors (Lipinski definition) is 2. The van der Waals surface area contributed by atoms with E-state index in [1.165, 1.54) is 6.92 Å². The van der Waals surface area contributed by atoms with Gasteiger partial charge in [-0.3, -0.25) is 30.3 Å². The first-order chi connectivity index (χ1) is 11.7. The fourth-order valence-corrected chi connectivity index (χ4v) is 1.99. The fraction of sp³-hybridized carbons (Fsp3) is 0.364. The summed E-state index contributed by atoms with van der Waals surface area (Å²) in [5.41, 5.74) is 3.15. The number of hydrazine groups is 1. The second-order valence-electron chi connectivity index (χ2n) is 4.37. The van der Waals surface area contributed by atoms with Crippen molar-refractivity contribution in [2.75, 3.05) is 12.0 Å². The minimum atomic E-state index is -1.59. The van der Waals surface area contributed by atoms with Gasteiger partial charge in [-0.05, 0) is 28.9 Å². The summed E-state index contributed by atoms with van der Waals surface area (Å²) in [5, 5.41) is 32.6. The number of hydrogen-bond acceptors (Lipinski definition) is 10. The van der Waals surface area contributed by atoms with Gasteiger partial charge >= 0.3 is 11.7 Å². The molecule has 0 fully saturated rings. The summed E-state index contributed by atoms with van der Waals surface area (Å²) in [6.07, 6.45) is 0. The average molecular weight is 422 g/mol. The lowest BCUT2D eigenvalue weighted by Crippen LogP contribution is -2.50. The molecule has 1 aromatic rings. The second kappa shape index (κ2) is 8.84. The number of benzene rings is 1. The Morgan fingerprint density at radius 3 is 2.36 bits per heavy atom. The van der Waals surface area contributed by atoms with Gasteiger partial charge < -0.3 is 10.2 Å². The van der Waals surface area contributed by atoms with Gasteiger partial charge in [0.2, 0.25) is 6.04 Å². The highest BCUT2D eigenvalue weighted by Gasteiger charge is 2.36. The van der Waals surface area contributed by atoms with Crippen molar-refractivity contribution in [2.45, 2.75) is 17.9 Å². The number of nitro benzene ring substituents is 2. The topological polar surface area (TPSA) is 180 Å². The number of alkyl halides is 1. The standard InChI is InChI=1S/C11H12BrN5O8/c1-2-25-11(18)9(10(12)17(23)24)14-13-7-4-3-6(15(19)20)5-8(7)16(21)22/h3-5,9-10,13-14H,2H2,1H3. The Labute approximate surface area is 147 Å². The van der Waals surface area contributed by atoms with Crippen LogP contribution in [-0.2, 0) is 9.53 Å². The van der Waals surface area contributed by atoms with Crippen LogP contribution >= 0.6 is 15.9 Å². The van der Waals surface area contributed by atoms with E-state index in [9.17, 15) is 35.1 Å². The zero-order valence-corrected chi connectivity index (χ0v) is 14.2. The summed E-state index contributed by atoms with van der Waals surface area (Å²) in [6, 6.07) is 1.21. The molecule has 0 aliphatic carbocycles. The van der Waals surface area contributed by atoms with E-state index in [2.05, 4.69) is 26.8 Å². The lowest BCUT2D eigenvalue weighted by atomic mass is 10.2. The summed E-state index contributed by atoms with van der Waals surface area (Å²) in [7, 11) is 0. The van der Waals surface area contributed by atoms with Crippen molar-refractivity contribution in [3.63, 3.8) is 0 Å². The summed E-state index contributed by atoms with van der Waals surface area (Å²) in [4.78, 5) is 40.3. The van der Waals surface area contributed by atoms with Crippen LogP contribution in [0.25, 0.3) is 0 Å². The molecule has 1 rings (SSSR count). The number of nitro groups is 3. The molecule has 0 aliphatic rings. The van der Waals surface area contributed by atoms with Crippen LogP contribution in [0.2, 0.25) is 0 Å². The molecule has 0 aliphatic heterocycles. The highest BCUT2D eigenvalue weighted by atomic mass is 79.9. The molecule has 0 spiro atoms. The van der Waals surface area contributed by atoms with Gasteiger partial charge in [0.05, 0.1) is 22.5 Å². The molecular weight excluding hydrogens is 410 g/mol. The summed E-state index contributed by atoms with van der Waals surface area (Å²) < 4.78 is 4.69. The van der Waals surface area contributed by atoms with Crippen LogP contribution in [-0.4, -0.2) is 38.3 Å². The van der Waals surface area contributed by atoms with Gasteiger partial charge in [0.1, 0.15) is 5.69 Å². The number of ether oxygens (including phenoxy) is 1. The molecule has 2 N–H and O–H groups in total. The predicted octanol–water partition coefficient (Wildman–Crippen LogP) is 1.35. The van der Waals surface area contributed by atoms with Crippen molar-refractivity contribution >= 4 is 39.0 Å². The predicted molar refractivity (Wildman–Crippen MR) is 86.6 cm³/mol. The minimum absolute atomic E-state index is 0.0356. The van der Waals surface area contributed by atoms with E-state index in [0.29, 0.717) is 6.07 Å². The first-order valence-electron chi connectivity index (χ1n) is 6.57. The molecule has 14 heteroatoms. The van der Waals surface area contributed by atoms with Crippen LogP contribution in [0.5, 0.6) is 0 Å². The Balaban J connectivity index is 3.06. The second-order valence-corrected chi connectivity index (χ2v) is 5.31. The molecule has 13 nitrogen and oxygen atoms in total. The maximum absolute atomic E-state index is 11.8. The molecule has 2 atom stereocenters. The molecule has 0 aromatic heterocycles. The first-order valence-corrected chi connectivity index (χ1v) is 7.49. The van der Waals surface area contributed by atoms with Crippen molar-refractivity contribution < 1.29 is 24.3 Å². The molecular formula is C11H12BrN5O8. The van der Waals surface area contributed by atoms with Crippen LogP contribution in [0.1, 0.15) is 6.92 Å². The zero-order valence-electron chi connectivity index (χ0n) is 12.6. The van der Waals surface area contributed by atoms with Gasteiger partial charge in [-0.25, -0.2) is 10.2 Å². The van der Waals surface area contributed by atoms with Crippen LogP contribution in [0, 0.1) is 30.3 Å². The van der Waals surface area contributed by atoms with Gasteiger partial charge in [-0.15, -0.1) is 0 Å². The average Bonchev–Trinajstić information content (AvgIpc) is 2.54. The Morgan fingerprint density at radius 1 is 1.24 bits per heavy atom. The molecule has 0 saturated carbocycles. The molecule has 2 unspecified atom stereocenters. The maximum Gasteiger partial charge on any atom is 0.333 e. The molecule has 0 saturated heterocycles. The third kappa shape index (κ3) is 5.32. The highest BCUT2D eigenvalue weighted by Crippen LogP contribution is 2.28. The molecule has 0 radical (unpaired) electrons. The largest absolute Gasteiger partial charge is 0.465 e. The number of esters is 1. The van der Waals surface area contributed by atoms with Crippen LogP contribution in [0.4, 0.5) is 17.1 Å². The van der Waals surface area contributed by atoms with Crippen LogP contribution in [0.15, 0.2) is 18.2 Å². The molecule has 25 heavy (non-hydrogen) atoms. The van der Waals surface area contributed by atoms with E-state index in [1.807, 2.05) is 0 Å². The number of nitrogens with zero attached hydrogens (tertiary/aromatic N) is 3. The summed E-state index contributed by atoms with van der Waals surface area (Å²) in [6.45, 7) is 1.46. The van der Waals surface area contributed by atoms with Crippen molar-refractivity contribution in [1.82, 2.24) is 5.43 Å². The molecule has 0 heterocycles. The van der Waals surface area contributed by atoms with Gasteiger partial charge in [0.15, 0.2) is 0 Å². The van der Waals surface area contributed by atoms with E-state index in [4.69, 9.17) is 4.74 Å². The van der Waals surface area contributed by atoms with Crippen molar-refractivity contribution in [3.8, 4) is 0 Å². The fourth-order valence-electron chi connectivity index (χ4n) is 1.64. The molecule has 0 bridgehead atoms. The SMILES string of the molecule is CCOC(=O)C(NNc1ccc([N+](=O)[O-])cc1[N+](=O)[O-])C(Br)[N+](=O)[O-]. The smallest absolute Gasteiger partial charge is 0.333 e. The molecule has 0 amide bonds. The van der Waals surface area contributed by atoms with Crippen molar-refractivity contribution in [2.24, 2.45) is 0 Å². The van der Waals surface area contributed by atoms with Crippen molar-refractivity contribution in [1.29, 1.82) is 0 Å². The maximum atomic E-state index is 11.8. The molecule has 136 valence electrons. The van der Waals surface area contributed by atoms with E-state index >= 15 is 0 Å². The highest BCUT2D eigenvalue weighted by molar-refractivity contribution is 9.09. The van der Waals surface area contributed by atoms with Crippen molar-refractivity contribution in [3.05, 3.63) is 48.5 Å². The Morgan fingerprint density at radius 2 is 1.88 bits per heavy atom. The number of carbonyl (C=O) groups excluding carboxylic acids is 1. The van der Waals surface area contributed by atoms with E-state index < -0.39 is 43.1 Å². The number of halogens is 1. The Kier molecular flexibility index (Phi) is 7.13. The summed E-state index contributed by atoms with van der Waals surface area (Å²) in [5.74, 6) is -0.974. The summed E-state index contributed by atoms with van der Waals surface area (Å²) >= 11 is 2.71. The Bertz CT molecular complexity index is 699. The lowest BCUT2D eigenvalue weighted by Gasteiger charge is -2.18.